The van der Waals surface area contributed by atoms with Crippen LogP contribution in [0.25, 0.3) is 109 Å². The summed E-state index contributed by atoms with van der Waals surface area (Å²) in [7, 11) is 0. The fourth-order valence-corrected chi connectivity index (χ4v) is 9.21. The maximum absolute atomic E-state index is 5.16. The van der Waals surface area contributed by atoms with Crippen LogP contribution in [-0.2, 0) is 0 Å². The second-order valence-corrected chi connectivity index (χ2v) is 15.1. The van der Waals surface area contributed by atoms with Crippen LogP contribution in [0.1, 0.15) is 0 Å². The Morgan fingerprint density at radius 1 is 0.309 bits per heavy atom. The van der Waals surface area contributed by atoms with E-state index in [1.807, 2.05) is 35.6 Å². The minimum Gasteiger partial charge on any atom is -0.208 e. The molecule has 0 N–H and O–H groups in total. The van der Waals surface area contributed by atoms with Gasteiger partial charge in [-0.25, -0.2) is 15.0 Å². The highest BCUT2D eigenvalue weighted by molar-refractivity contribution is 7.26. The van der Waals surface area contributed by atoms with E-state index in [2.05, 4.69) is 164 Å². The zero-order valence-corrected chi connectivity index (χ0v) is 30.5. The maximum Gasteiger partial charge on any atom is 0.164 e. The van der Waals surface area contributed by atoms with E-state index in [0.29, 0.717) is 17.5 Å². The molecule has 256 valence electrons. The van der Waals surface area contributed by atoms with Crippen LogP contribution in [0.3, 0.4) is 0 Å². The van der Waals surface area contributed by atoms with Gasteiger partial charge in [-0.05, 0) is 73.5 Å². The first-order chi connectivity index (χ1) is 27.2. The van der Waals surface area contributed by atoms with Crippen molar-refractivity contribution in [3.63, 3.8) is 0 Å². The van der Waals surface area contributed by atoms with Crippen LogP contribution in [0.5, 0.6) is 0 Å². The Morgan fingerprint density at radius 3 is 1.62 bits per heavy atom. The Morgan fingerprint density at radius 2 is 0.855 bits per heavy atom. The van der Waals surface area contributed by atoms with Crippen LogP contribution in [0.4, 0.5) is 0 Å². The molecule has 0 spiro atoms. The highest BCUT2D eigenvalue weighted by atomic mass is 32.1. The minimum absolute atomic E-state index is 0.642. The van der Waals surface area contributed by atoms with Gasteiger partial charge in [0.2, 0.25) is 0 Å². The molecule has 4 heteroatoms. The van der Waals surface area contributed by atoms with Gasteiger partial charge < -0.3 is 0 Å². The van der Waals surface area contributed by atoms with Gasteiger partial charge in [0.25, 0.3) is 0 Å². The van der Waals surface area contributed by atoms with Crippen LogP contribution in [0, 0.1) is 0 Å². The lowest BCUT2D eigenvalue weighted by atomic mass is 9.94. The quantitative estimate of drug-likeness (QED) is 0.166. The monoisotopic (exact) mass is 717 g/mol. The second-order valence-electron chi connectivity index (χ2n) is 14.0. The van der Waals surface area contributed by atoms with E-state index in [9.17, 15) is 0 Å². The SMILES string of the molecule is c1ccc(-c2ccc(-c3nc(-c4ccccc4)nc(-c4cc(-c5ccc6sc7c(ccc8ccc9ccccc9c87)c6c5)c5ccccc5c4)n3)cc2)cc1. The van der Waals surface area contributed by atoms with Crippen molar-refractivity contribution < 1.29 is 0 Å². The maximum atomic E-state index is 5.16. The Hall–Kier alpha value is -7.01. The van der Waals surface area contributed by atoms with Gasteiger partial charge in [0.15, 0.2) is 17.5 Å². The molecule has 11 rings (SSSR count). The molecule has 2 aromatic heterocycles. The smallest absolute Gasteiger partial charge is 0.164 e. The number of benzene rings is 9. The molecule has 55 heavy (non-hydrogen) atoms. The van der Waals surface area contributed by atoms with Crippen molar-refractivity contribution in [3.05, 3.63) is 188 Å². The molecule has 0 aliphatic heterocycles. The molecular weight excluding hydrogens is 687 g/mol. The fraction of sp³-hybridized carbons (Fsp3) is 0. The summed E-state index contributed by atoms with van der Waals surface area (Å²) in [5.41, 5.74) is 7.48. The molecule has 0 bridgehead atoms. The lowest BCUT2D eigenvalue weighted by molar-refractivity contribution is 1.07. The molecule has 0 aliphatic carbocycles. The number of thiophene rings is 1. The van der Waals surface area contributed by atoms with E-state index < -0.39 is 0 Å². The van der Waals surface area contributed by atoms with Gasteiger partial charge in [-0.15, -0.1) is 11.3 Å². The predicted molar refractivity (Wildman–Crippen MR) is 232 cm³/mol. The van der Waals surface area contributed by atoms with Crippen molar-refractivity contribution in [2.45, 2.75) is 0 Å². The Labute approximate surface area is 321 Å². The molecule has 2 heterocycles. The average molecular weight is 718 g/mol. The van der Waals surface area contributed by atoms with E-state index in [0.717, 1.165) is 38.8 Å². The largest absolute Gasteiger partial charge is 0.208 e. The first kappa shape index (κ1) is 31.5. The van der Waals surface area contributed by atoms with Gasteiger partial charge in [-0.3, -0.25) is 0 Å². The molecule has 0 aliphatic rings. The topological polar surface area (TPSA) is 38.7 Å². The third kappa shape index (κ3) is 5.46. The Bertz CT molecular complexity index is 3240. The van der Waals surface area contributed by atoms with E-state index in [1.54, 1.807) is 0 Å². The third-order valence-corrected chi connectivity index (χ3v) is 11.9. The Kier molecular flexibility index (Phi) is 7.35. The van der Waals surface area contributed by atoms with E-state index in [1.165, 1.54) is 52.7 Å². The molecule has 0 radical (unpaired) electrons. The lowest BCUT2D eigenvalue weighted by Crippen LogP contribution is -2.00. The minimum atomic E-state index is 0.642. The van der Waals surface area contributed by atoms with Crippen LogP contribution < -0.4 is 0 Å². The van der Waals surface area contributed by atoms with Crippen LogP contribution >= 0.6 is 11.3 Å². The van der Waals surface area contributed by atoms with Crippen molar-refractivity contribution in [1.29, 1.82) is 0 Å². The van der Waals surface area contributed by atoms with Crippen LogP contribution in [0.2, 0.25) is 0 Å². The number of hydrogen-bond acceptors (Lipinski definition) is 4. The van der Waals surface area contributed by atoms with E-state index in [4.69, 9.17) is 15.0 Å². The predicted octanol–water partition coefficient (Wildman–Crippen LogP) is 14.0. The van der Waals surface area contributed by atoms with Crippen molar-refractivity contribution >= 4 is 63.8 Å². The molecule has 9 aromatic carbocycles. The number of fused-ring (bicyclic) bond motifs is 8. The zero-order valence-electron chi connectivity index (χ0n) is 29.6. The average Bonchev–Trinajstić information content (AvgIpc) is 3.64. The van der Waals surface area contributed by atoms with E-state index >= 15 is 0 Å². The lowest BCUT2D eigenvalue weighted by Gasteiger charge is -2.13. The molecular formula is C51H31N3S. The summed E-state index contributed by atoms with van der Waals surface area (Å²) in [6, 6.07) is 66.9. The normalized spacial score (nSPS) is 11.6. The molecule has 11 aromatic rings. The van der Waals surface area contributed by atoms with Gasteiger partial charge in [0.05, 0.1) is 0 Å². The second kappa shape index (κ2) is 12.8. The Balaban J connectivity index is 1.09. The number of rotatable bonds is 5. The standard InChI is InChI=1S/C51H31N3S/c1-3-11-32(12-4-1)33-19-23-37(24-20-33)50-52-49(36-14-5-2-6-15-36)53-51(54-50)40-29-38-16-8-9-17-41(38)44(31-40)39-26-28-46-45(30-39)43-27-25-35-22-21-34-13-7-10-18-42(34)47(35)48(43)55-46/h1-31H. The summed E-state index contributed by atoms with van der Waals surface area (Å²) >= 11 is 1.89. The number of aromatic nitrogens is 3. The van der Waals surface area contributed by atoms with Crippen molar-refractivity contribution in [3.8, 4) is 56.4 Å². The zero-order chi connectivity index (χ0) is 36.3. The molecule has 0 saturated carbocycles. The van der Waals surface area contributed by atoms with Crippen molar-refractivity contribution in [2.75, 3.05) is 0 Å². The van der Waals surface area contributed by atoms with Crippen molar-refractivity contribution in [2.24, 2.45) is 0 Å². The molecule has 0 unspecified atom stereocenters. The third-order valence-electron chi connectivity index (χ3n) is 10.7. The summed E-state index contributed by atoms with van der Waals surface area (Å²) < 4.78 is 2.62. The summed E-state index contributed by atoms with van der Waals surface area (Å²) in [5, 5.41) is 10.1. The number of hydrogen-bond donors (Lipinski definition) is 0. The summed E-state index contributed by atoms with van der Waals surface area (Å²) in [6.07, 6.45) is 0. The first-order valence-electron chi connectivity index (χ1n) is 18.5. The van der Waals surface area contributed by atoms with Crippen LogP contribution in [-0.4, -0.2) is 15.0 Å². The van der Waals surface area contributed by atoms with Crippen LogP contribution in [0.15, 0.2) is 188 Å². The van der Waals surface area contributed by atoms with Gasteiger partial charge >= 0.3 is 0 Å². The van der Waals surface area contributed by atoms with Gasteiger partial charge in [0.1, 0.15) is 0 Å². The molecule has 0 saturated heterocycles. The van der Waals surface area contributed by atoms with Gasteiger partial charge in [0, 0.05) is 42.2 Å². The summed E-state index contributed by atoms with van der Waals surface area (Å²) in [5.74, 6) is 1.93. The molecule has 3 nitrogen and oxygen atoms in total. The molecule has 0 atom stereocenters. The highest BCUT2D eigenvalue weighted by Crippen LogP contribution is 2.43. The van der Waals surface area contributed by atoms with E-state index in [-0.39, 0.29) is 0 Å². The summed E-state index contributed by atoms with van der Waals surface area (Å²) in [4.78, 5) is 15.3. The summed E-state index contributed by atoms with van der Waals surface area (Å²) in [6.45, 7) is 0. The van der Waals surface area contributed by atoms with Gasteiger partial charge in [-0.2, -0.15) is 0 Å². The first-order valence-corrected chi connectivity index (χ1v) is 19.3. The fourth-order valence-electron chi connectivity index (χ4n) is 7.96. The molecule has 0 amide bonds. The van der Waals surface area contributed by atoms with Crippen molar-refractivity contribution in [1.82, 2.24) is 15.0 Å². The highest BCUT2D eigenvalue weighted by Gasteiger charge is 2.17. The number of nitrogens with zero attached hydrogens (tertiary/aromatic N) is 3. The molecule has 0 fully saturated rings. The van der Waals surface area contributed by atoms with Gasteiger partial charge in [-0.1, -0.05) is 164 Å².